The predicted octanol–water partition coefficient (Wildman–Crippen LogP) is 4.51. The van der Waals surface area contributed by atoms with Crippen LogP contribution in [0.3, 0.4) is 0 Å². The van der Waals surface area contributed by atoms with Crippen LogP contribution in [0.1, 0.15) is 19.4 Å². The molecule has 3 heteroatoms. The fraction of sp³-hybridized carbons (Fsp3) is 0.294. The van der Waals surface area contributed by atoms with Crippen molar-refractivity contribution in [3.63, 3.8) is 0 Å². The van der Waals surface area contributed by atoms with E-state index in [0.717, 1.165) is 34.0 Å². The van der Waals surface area contributed by atoms with Crippen molar-refractivity contribution in [2.45, 2.75) is 26.5 Å². The Kier molecular flexibility index (Phi) is 5.05. The number of benzene rings is 2. The van der Waals surface area contributed by atoms with Gasteiger partial charge in [-0.25, -0.2) is 0 Å². The lowest BCUT2D eigenvalue weighted by Crippen LogP contribution is -2.05. The maximum absolute atomic E-state index is 6.31. The normalized spacial score (nSPS) is 10.8. The fourth-order valence-electron chi connectivity index (χ4n) is 2.08. The summed E-state index contributed by atoms with van der Waals surface area (Å²) in [5, 5.41) is 3.89. The van der Waals surface area contributed by atoms with E-state index in [4.69, 9.17) is 16.3 Å². The van der Waals surface area contributed by atoms with Gasteiger partial charge < -0.3 is 10.1 Å². The number of hydrogen-bond acceptors (Lipinski definition) is 2. The molecule has 0 fully saturated rings. The summed E-state index contributed by atoms with van der Waals surface area (Å²) in [5.41, 5.74) is 3.32. The summed E-state index contributed by atoms with van der Waals surface area (Å²) in [4.78, 5) is 0. The highest BCUT2D eigenvalue weighted by atomic mass is 35.5. The van der Waals surface area contributed by atoms with E-state index >= 15 is 0 Å². The average molecular weight is 290 g/mol. The van der Waals surface area contributed by atoms with Crippen LogP contribution in [-0.2, 0) is 6.54 Å². The third-order valence-electron chi connectivity index (χ3n) is 2.96. The van der Waals surface area contributed by atoms with Gasteiger partial charge in [0.2, 0.25) is 0 Å². The number of hydrogen-bond donors (Lipinski definition) is 1. The lowest BCUT2D eigenvalue weighted by molar-refractivity contribution is 0.242. The molecule has 106 valence electrons. The molecular formula is C17H20ClNO. The molecule has 0 atom stereocenters. The van der Waals surface area contributed by atoms with Crippen LogP contribution in [0, 0.1) is 0 Å². The Labute approximate surface area is 125 Å². The smallest absolute Gasteiger partial charge is 0.120 e. The van der Waals surface area contributed by atoms with Gasteiger partial charge >= 0.3 is 0 Å². The first-order valence-corrected chi connectivity index (χ1v) is 7.18. The maximum Gasteiger partial charge on any atom is 0.120 e. The first-order valence-electron chi connectivity index (χ1n) is 6.80. The van der Waals surface area contributed by atoms with E-state index in [1.165, 1.54) is 0 Å². The van der Waals surface area contributed by atoms with Crippen molar-refractivity contribution >= 4 is 11.6 Å². The number of halogens is 1. The number of nitrogens with one attached hydrogen (secondary N) is 1. The Bertz CT molecular complexity index is 581. The largest absolute Gasteiger partial charge is 0.491 e. The third kappa shape index (κ3) is 3.75. The van der Waals surface area contributed by atoms with Gasteiger partial charge in [0.15, 0.2) is 0 Å². The number of ether oxygens (including phenoxy) is 1. The highest BCUT2D eigenvalue weighted by Gasteiger charge is 2.05. The van der Waals surface area contributed by atoms with E-state index in [9.17, 15) is 0 Å². The second-order valence-corrected chi connectivity index (χ2v) is 5.44. The highest BCUT2D eigenvalue weighted by Crippen LogP contribution is 2.28. The molecule has 0 spiro atoms. The molecule has 0 aromatic heterocycles. The summed E-state index contributed by atoms with van der Waals surface area (Å²) >= 11 is 6.31. The lowest BCUT2D eigenvalue weighted by atomic mass is 10.0. The van der Waals surface area contributed by atoms with E-state index in [2.05, 4.69) is 23.5 Å². The number of rotatable bonds is 5. The molecule has 0 unspecified atom stereocenters. The second-order valence-electron chi connectivity index (χ2n) is 5.03. The van der Waals surface area contributed by atoms with E-state index in [0.29, 0.717) is 0 Å². The highest BCUT2D eigenvalue weighted by molar-refractivity contribution is 6.31. The monoisotopic (exact) mass is 289 g/mol. The third-order valence-corrected chi connectivity index (χ3v) is 3.31. The molecule has 0 aliphatic carbocycles. The summed E-state index contributed by atoms with van der Waals surface area (Å²) in [6, 6.07) is 14.2. The molecule has 2 aromatic rings. The Morgan fingerprint density at radius 2 is 1.85 bits per heavy atom. The van der Waals surface area contributed by atoms with Gasteiger partial charge in [-0.05, 0) is 55.8 Å². The molecule has 2 rings (SSSR count). The Hall–Kier alpha value is -1.51. The van der Waals surface area contributed by atoms with Crippen LogP contribution in [0.2, 0.25) is 5.02 Å². The molecule has 2 aromatic carbocycles. The minimum Gasteiger partial charge on any atom is -0.491 e. The van der Waals surface area contributed by atoms with E-state index < -0.39 is 0 Å². The van der Waals surface area contributed by atoms with Crippen molar-refractivity contribution in [3.8, 4) is 16.9 Å². The molecule has 0 radical (unpaired) electrons. The van der Waals surface area contributed by atoms with Crippen LogP contribution in [0.4, 0.5) is 0 Å². The van der Waals surface area contributed by atoms with Gasteiger partial charge in [0, 0.05) is 11.6 Å². The second kappa shape index (κ2) is 6.78. The van der Waals surface area contributed by atoms with Crippen LogP contribution in [0.15, 0.2) is 42.5 Å². The molecule has 0 saturated heterocycles. The minimum atomic E-state index is 0.173. The van der Waals surface area contributed by atoms with Crippen molar-refractivity contribution in [2.75, 3.05) is 7.05 Å². The summed E-state index contributed by atoms with van der Waals surface area (Å²) in [6.45, 7) is 4.82. The van der Waals surface area contributed by atoms with Crippen LogP contribution >= 0.6 is 11.6 Å². The predicted molar refractivity (Wildman–Crippen MR) is 85.4 cm³/mol. The topological polar surface area (TPSA) is 21.3 Å². The Morgan fingerprint density at radius 1 is 1.10 bits per heavy atom. The SMILES string of the molecule is CNCc1ccc(-c2cccc(OC(C)C)c2)cc1Cl. The van der Waals surface area contributed by atoms with Gasteiger partial charge in [0.05, 0.1) is 6.10 Å². The molecule has 0 heterocycles. The van der Waals surface area contributed by atoms with Crippen molar-refractivity contribution in [3.05, 3.63) is 53.1 Å². The van der Waals surface area contributed by atoms with Gasteiger partial charge in [-0.2, -0.15) is 0 Å². The van der Waals surface area contributed by atoms with E-state index in [1.54, 1.807) is 0 Å². The van der Waals surface area contributed by atoms with E-state index in [-0.39, 0.29) is 6.10 Å². The Morgan fingerprint density at radius 3 is 2.50 bits per heavy atom. The van der Waals surface area contributed by atoms with Crippen LogP contribution < -0.4 is 10.1 Å². The molecule has 0 amide bonds. The molecule has 0 saturated carbocycles. The Balaban J connectivity index is 2.29. The molecular weight excluding hydrogens is 270 g/mol. The zero-order chi connectivity index (χ0) is 14.5. The molecule has 20 heavy (non-hydrogen) atoms. The quantitative estimate of drug-likeness (QED) is 0.874. The summed E-state index contributed by atoms with van der Waals surface area (Å²) < 4.78 is 5.73. The van der Waals surface area contributed by atoms with Gasteiger partial charge in [0.1, 0.15) is 5.75 Å². The van der Waals surface area contributed by atoms with Crippen molar-refractivity contribution in [2.24, 2.45) is 0 Å². The maximum atomic E-state index is 6.31. The average Bonchev–Trinajstić information content (AvgIpc) is 2.41. The molecule has 1 N–H and O–H groups in total. The van der Waals surface area contributed by atoms with Crippen LogP contribution in [0.5, 0.6) is 5.75 Å². The molecule has 0 bridgehead atoms. The van der Waals surface area contributed by atoms with Gasteiger partial charge in [-0.15, -0.1) is 0 Å². The molecule has 0 aliphatic rings. The van der Waals surface area contributed by atoms with Crippen molar-refractivity contribution in [1.82, 2.24) is 5.32 Å². The van der Waals surface area contributed by atoms with Crippen LogP contribution in [0.25, 0.3) is 11.1 Å². The fourth-order valence-corrected chi connectivity index (χ4v) is 2.33. The zero-order valence-electron chi connectivity index (χ0n) is 12.1. The minimum absolute atomic E-state index is 0.173. The lowest BCUT2D eigenvalue weighted by Gasteiger charge is -2.12. The summed E-state index contributed by atoms with van der Waals surface area (Å²) in [5.74, 6) is 0.882. The standard InChI is InChI=1S/C17H20ClNO/c1-12(2)20-16-6-4-5-13(9-16)14-7-8-15(11-19-3)17(18)10-14/h4-10,12,19H,11H2,1-3H3. The molecule has 0 aliphatic heterocycles. The first-order chi connectivity index (χ1) is 9.60. The van der Waals surface area contributed by atoms with Gasteiger partial charge in [0.25, 0.3) is 0 Å². The van der Waals surface area contributed by atoms with E-state index in [1.807, 2.05) is 45.2 Å². The van der Waals surface area contributed by atoms with Crippen molar-refractivity contribution in [1.29, 1.82) is 0 Å². The van der Waals surface area contributed by atoms with Gasteiger partial charge in [-0.3, -0.25) is 0 Å². The summed E-state index contributed by atoms with van der Waals surface area (Å²) in [7, 11) is 1.91. The van der Waals surface area contributed by atoms with Crippen molar-refractivity contribution < 1.29 is 4.74 Å². The first kappa shape index (κ1) is 14.9. The zero-order valence-corrected chi connectivity index (χ0v) is 12.9. The van der Waals surface area contributed by atoms with Crippen LogP contribution in [-0.4, -0.2) is 13.2 Å². The molecule has 2 nitrogen and oxygen atoms in total. The van der Waals surface area contributed by atoms with Gasteiger partial charge in [-0.1, -0.05) is 35.9 Å². The summed E-state index contributed by atoms with van der Waals surface area (Å²) in [6.07, 6.45) is 0.173.